The summed E-state index contributed by atoms with van der Waals surface area (Å²) in [7, 11) is 1.33. The van der Waals surface area contributed by atoms with E-state index in [1.54, 1.807) is 30.3 Å². The number of pyridine rings is 1. The van der Waals surface area contributed by atoms with Crippen molar-refractivity contribution in [3.8, 4) is 22.5 Å². The van der Waals surface area contributed by atoms with Crippen LogP contribution in [0.5, 0.6) is 0 Å². The number of carbonyl (C=O) groups excluding carboxylic acids is 1. The van der Waals surface area contributed by atoms with E-state index < -0.39 is 23.5 Å². The molecule has 158 valence electrons. The molecular formula is C22H16F4N4O. The van der Waals surface area contributed by atoms with E-state index in [1.165, 1.54) is 26.1 Å². The number of nitrogens with one attached hydrogen (secondary N) is 2. The Hall–Kier alpha value is -3.75. The second kappa shape index (κ2) is 7.50. The van der Waals surface area contributed by atoms with Crippen LogP contribution in [-0.4, -0.2) is 28.1 Å². The monoisotopic (exact) mass is 428 g/mol. The van der Waals surface area contributed by atoms with Gasteiger partial charge >= 0.3 is 6.18 Å². The Morgan fingerprint density at radius 2 is 1.77 bits per heavy atom. The first-order valence-corrected chi connectivity index (χ1v) is 9.25. The standard InChI is InChI=1S/C22H16F4N4O/c1-11-17(22(24,25)26)16-19(12-6-4-3-5-7-12)29-30-20(16)28-18(11)13-8-9-15(23)14(10-13)21(31)27-2/h3-10H,1-2H3,(H,27,31)(H,28,29,30). The van der Waals surface area contributed by atoms with Gasteiger partial charge in [0.1, 0.15) is 5.82 Å². The van der Waals surface area contributed by atoms with E-state index in [4.69, 9.17) is 0 Å². The van der Waals surface area contributed by atoms with E-state index in [0.717, 1.165) is 6.07 Å². The molecule has 2 aromatic carbocycles. The molecule has 0 spiro atoms. The van der Waals surface area contributed by atoms with Crippen molar-refractivity contribution in [1.82, 2.24) is 20.5 Å². The number of rotatable bonds is 3. The Bertz CT molecular complexity index is 1300. The fourth-order valence-electron chi connectivity index (χ4n) is 3.58. The third-order valence-electron chi connectivity index (χ3n) is 5.00. The topological polar surface area (TPSA) is 70.7 Å². The predicted molar refractivity (Wildman–Crippen MR) is 108 cm³/mol. The predicted octanol–water partition coefficient (Wildman–Crippen LogP) is 5.12. The van der Waals surface area contributed by atoms with Gasteiger partial charge in [-0.25, -0.2) is 9.37 Å². The van der Waals surface area contributed by atoms with Crippen LogP contribution in [-0.2, 0) is 6.18 Å². The second-order valence-electron chi connectivity index (χ2n) is 6.90. The average molecular weight is 428 g/mol. The van der Waals surface area contributed by atoms with Gasteiger partial charge in [-0.2, -0.15) is 18.3 Å². The lowest BCUT2D eigenvalue weighted by atomic mass is 9.96. The van der Waals surface area contributed by atoms with E-state index in [9.17, 15) is 22.4 Å². The highest BCUT2D eigenvalue weighted by molar-refractivity contribution is 5.98. The minimum Gasteiger partial charge on any atom is -0.355 e. The lowest BCUT2D eigenvalue weighted by molar-refractivity contribution is -0.136. The zero-order chi connectivity index (χ0) is 22.3. The van der Waals surface area contributed by atoms with E-state index in [0.29, 0.717) is 5.56 Å². The molecule has 5 nitrogen and oxygen atoms in total. The fraction of sp³-hybridized carbons (Fsp3) is 0.136. The van der Waals surface area contributed by atoms with Crippen LogP contribution in [0.4, 0.5) is 17.6 Å². The summed E-state index contributed by atoms with van der Waals surface area (Å²) in [5, 5.41) is 8.82. The van der Waals surface area contributed by atoms with Crippen LogP contribution in [0.3, 0.4) is 0 Å². The van der Waals surface area contributed by atoms with Crippen LogP contribution >= 0.6 is 0 Å². The van der Waals surface area contributed by atoms with E-state index in [-0.39, 0.29) is 39.1 Å². The quantitative estimate of drug-likeness (QED) is 0.445. The van der Waals surface area contributed by atoms with Crippen LogP contribution in [0.2, 0.25) is 0 Å². The summed E-state index contributed by atoms with van der Waals surface area (Å²) in [5.41, 5.74) is -0.563. The molecule has 2 heterocycles. The summed E-state index contributed by atoms with van der Waals surface area (Å²) in [6.45, 7) is 1.30. The first-order chi connectivity index (χ1) is 14.7. The number of H-pyrrole nitrogens is 1. The molecule has 0 radical (unpaired) electrons. The van der Waals surface area contributed by atoms with Crippen molar-refractivity contribution < 1.29 is 22.4 Å². The average Bonchev–Trinajstić information content (AvgIpc) is 3.16. The van der Waals surface area contributed by atoms with Gasteiger partial charge in [0.15, 0.2) is 5.65 Å². The van der Waals surface area contributed by atoms with Crippen LogP contribution in [0.25, 0.3) is 33.5 Å². The normalized spacial score (nSPS) is 11.7. The van der Waals surface area contributed by atoms with Gasteiger partial charge in [-0.15, -0.1) is 0 Å². The highest BCUT2D eigenvalue weighted by Gasteiger charge is 2.38. The lowest BCUT2D eigenvalue weighted by Crippen LogP contribution is -2.19. The summed E-state index contributed by atoms with van der Waals surface area (Å²) in [5.74, 6) is -1.48. The minimum atomic E-state index is -4.70. The molecular weight excluding hydrogens is 412 g/mol. The highest BCUT2D eigenvalue weighted by atomic mass is 19.4. The van der Waals surface area contributed by atoms with Crippen molar-refractivity contribution in [3.63, 3.8) is 0 Å². The molecule has 0 fully saturated rings. The number of fused-ring (bicyclic) bond motifs is 1. The fourth-order valence-corrected chi connectivity index (χ4v) is 3.58. The number of hydrogen-bond donors (Lipinski definition) is 2. The Kier molecular flexibility index (Phi) is 4.96. The molecule has 0 atom stereocenters. The molecule has 0 saturated heterocycles. The van der Waals surface area contributed by atoms with Gasteiger partial charge in [0, 0.05) is 18.2 Å². The highest BCUT2D eigenvalue weighted by Crippen LogP contribution is 2.43. The van der Waals surface area contributed by atoms with Crippen LogP contribution in [0, 0.1) is 12.7 Å². The minimum absolute atomic E-state index is 0.0314. The van der Waals surface area contributed by atoms with E-state index >= 15 is 0 Å². The Morgan fingerprint density at radius 3 is 2.42 bits per heavy atom. The molecule has 0 unspecified atom stereocenters. The smallest absolute Gasteiger partial charge is 0.355 e. The molecule has 31 heavy (non-hydrogen) atoms. The van der Waals surface area contributed by atoms with Crippen LogP contribution in [0.1, 0.15) is 21.5 Å². The van der Waals surface area contributed by atoms with Crippen molar-refractivity contribution in [2.24, 2.45) is 0 Å². The number of hydrogen-bond acceptors (Lipinski definition) is 3. The van der Waals surface area contributed by atoms with Gasteiger partial charge in [0.25, 0.3) is 5.91 Å². The number of nitrogens with zero attached hydrogens (tertiary/aromatic N) is 2. The van der Waals surface area contributed by atoms with Crippen molar-refractivity contribution >= 4 is 16.9 Å². The largest absolute Gasteiger partial charge is 0.417 e. The first kappa shape index (κ1) is 20.5. The summed E-state index contributed by atoms with van der Waals surface area (Å²) < 4.78 is 56.6. The van der Waals surface area contributed by atoms with Crippen molar-refractivity contribution in [2.75, 3.05) is 7.05 Å². The van der Waals surface area contributed by atoms with E-state index in [2.05, 4.69) is 20.5 Å². The van der Waals surface area contributed by atoms with E-state index in [1.807, 2.05) is 0 Å². The summed E-state index contributed by atoms with van der Waals surface area (Å²) in [6, 6.07) is 12.0. The summed E-state index contributed by atoms with van der Waals surface area (Å²) in [4.78, 5) is 16.3. The lowest BCUT2D eigenvalue weighted by Gasteiger charge is -2.16. The number of benzene rings is 2. The van der Waals surface area contributed by atoms with Gasteiger partial charge in [-0.05, 0) is 30.7 Å². The number of alkyl halides is 3. The zero-order valence-corrected chi connectivity index (χ0v) is 16.4. The molecule has 2 aromatic heterocycles. The number of aromatic nitrogens is 3. The Morgan fingerprint density at radius 1 is 1.06 bits per heavy atom. The molecule has 0 aliphatic rings. The van der Waals surface area contributed by atoms with Crippen LogP contribution in [0.15, 0.2) is 48.5 Å². The third kappa shape index (κ3) is 3.52. The molecule has 4 aromatic rings. The number of aromatic amines is 1. The molecule has 9 heteroatoms. The third-order valence-corrected chi connectivity index (χ3v) is 5.00. The molecule has 0 aliphatic heterocycles. The van der Waals surface area contributed by atoms with Crippen LogP contribution < -0.4 is 5.32 Å². The summed E-state index contributed by atoms with van der Waals surface area (Å²) >= 11 is 0. The maximum atomic E-state index is 14.2. The van der Waals surface area contributed by atoms with Gasteiger partial charge in [-0.3, -0.25) is 9.89 Å². The van der Waals surface area contributed by atoms with Gasteiger partial charge in [-0.1, -0.05) is 30.3 Å². The zero-order valence-electron chi connectivity index (χ0n) is 16.4. The van der Waals surface area contributed by atoms with Gasteiger partial charge in [0.2, 0.25) is 0 Å². The molecule has 2 N–H and O–H groups in total. The molecule has 0 bridgehead atoms. The van der Waals surface area contributed by atoms with Crippen molar-refractivity contribution in [2.45, 2.75) is 13.1 Å². The SMILES string of the molecule is CNC(=O)c1cc(-c2nc3n[nH]c(-c4ccccc4)c3c(C(F)(F)F)c2C)ccc1F. The van der Waals surface area contributed by atoms with Gasteiger partial charge in [0.05, 0.1) is 27.9 Å². The second-order valence-corrected chi connectivity index (χ2v) is 6.90. The number of halogens is 4. The van der Waals surface area contributed by atoms with Crippen molar-refractivity contribution in [1.29, 1.82) is 0 Å². The molecule has 0 saturated carbocycles. The Balaban J connectivity index is 2.02. The number of carbonyl (C=O) groups is 1. The maximum Gasteiger partial charge on any atom is 0.417 e. The molecule has 4 rings (SSSR count). The maximum absolute atomic E-state index is 14.2. The molecule has 1 amide bonds. The Labute approximate surface area is 174 Å². The molecule has 0 aliphatic carbocycles. The number of amides is 1. The first-order valence-electron chi connectivity index (χ1n) is 9.25. The van der Waals surface area contributed by atoms with Gasteiger partial charge < -0.3 is 5.32 Å². The summed E-state index contributed by atoms with van der Waals surface area (Å²) in [6.07, 6.45) is -4.70. The van der Waals surface area contributed by atoms with Crippen molar-refractivity contribution in [3.05, 3.63) is 71.0 Å².